The van der Waals surface area contributed by atoms with Crippen LogP contribution in [0.15, 0.2) is 51.5 Å². The number of rotatable bonds is 6. The van der Waals surface area contributed by atoms with Gasteiger partial charge in [0.25, 0.3) is 0 Å². The Balaban J connectivity index is 2.19. The average molecular weight is 398 g/mol. The van der Waals surface area contributed by atoms with Gasteiger partial charge < -0.3 is 5.32 Å². The first-order chi connectivity index (χ1) is 9.70. The van der Waals surface area contributed by atoms with Crippen LogP contribution in [0.2, 0.25) is 0 Å². The molecule has 0 saturated carbocycles. The molecule has 0 spiro atoms. The highest BCUT2D eigenvalue weighted by Crippen LogP contribution is 2.25. The van der Waals surface area contributed by atoms with Crippen molar-refractivity contribution in [3.8, 4) is 0 Å². The van der Waals surface area contributed by atoms with Crippen molar-refractivity contribution in [1.82, 2.24) is 10.3 Å². The summed E-state index contributed by atoms with van der Waals surface area (Å²) in [5.74, 6) is 0. The van der Waals surface area contributed by atoms with Gasteiger partial charge in [-0.1, -0.05) is 41.1 Å². The van der Waals surface area contributed by atoms with Gasteiger partial charge in [0.1, 0.15) is 0 Å². The first kappa shape index (κ1) is 15.7. The fourth-order valence-corrected chi connectivity index (χ4v) is 2.90. The summed E-state index contributed by atoms with van der Waals surface area (Å²) in [5.41, 5.74) is 2.38. The summed E-state index contributed by atoms with van der Waals surface area (Å²) in [6.45, 7) is 3.19. The minimum Gasteiger partial charge on any atom is -0.310 e. The summed E-state index contributed by atoms with van der Waals surface area (Å²) in [6, 6.07) is 12.8. The van der Waals surface area contributed by atoms with Gasteiger partial charge in [0.05, 0.1) is 0 Å². The Bertz CT molecular complexity index is 540. The number of nitrogens with zero attached hydrogens (tertiary/aromatic N) is 1. The van der Waals surface area contributed by atoms with Crippen molar-refractivity contribution in [3.05, 3.63) is 62.8 Å². The van der Waals surface area contributed by atoms with E-state index in [0.29, 0.717) is 0 Å². The highest BCUT2D eigenvalue weighted by molar-refractivity contribution is 9.10. The van der Waals surface area contributed by atoms with Crippen LogP contribution in [0.25, 0.3) is 0 Å². The lowest BCUT2D eigenvalue weighted by Crippen LogP contribution is -2.24. The predicted molar refractivity (Wildman–Crippen MR) is 90.8 cm³/mol. The zero-order chi connectivity index (χ0) is 14.4. The topological polar surface area (TPSA) is 24.9 Å². The van der Waals surface area contributed by atoms with Gasteiger partial charge in [0.15, 0.2) is 0 Å². The van der Waals surface area contributed by atoms with Crippen molar-refractivity contribution in [2.45, 2.75) is 25.8 Å². The summed E-state index contributed by atoms with van der Waals surface area (Å²) >= 11 is 7.07. The molecule has 1 N–H and O–H groups in total. The van der Waals surface area contributed by atoms with E-state index in [1.54, 1.807) is 0 Å². The van der Waals surface area contributed by atoms with E-state index < -0.39 is 0 Å². The summed E-state index contributed by atoms with van der Waals surface area (Å²) in [6.07, 6.45) is 3.86. The molecule has 0 aliphatic rings. The molecule has 0 fully saturated rings. The normalized spacial score (nSPS) is 12.3. The molecule has 106 valence electrons. The second kappa shape index (κ2) is 7.91. The summed E-state index contributed by atoms with van der Waals surface area (Å²) < 4.78 is 2.16. The Morgan fingerprint density at radius 2 is 1.95 bits per heavy atom. The molecule has 0 aliphatic carbocycles. The number of halogens is 2. The van der Waals surface area contributed by atoms with Gasteiger partial charge in [-0.2, -0.15) is 0 Å². The van der Waals surface area contributed by atoms with E-state index in [4.69, 9.17) is 0 Å². The number of nitrogens with one attached hydrogen (secondary N) is 1. The first-order valence-corrected chi connectivity index (χ1v) is 8.37. The smallest absolute Gasteiger partial charge is 0.0423 e. The molecule has 2 aromatic rings. The summed E-state index contributed by atoms with van der Waals surface area (Å²) in [5, 5.41) is 3.61. The molecule has 4 heteroatoms. The van der Waals surface area contributed by atoms with Crippen LogP contribution in [-0.2, 0) is 6.42 Å². The minimum atomic E-state index is 0.277. The standard InChI is InChI=1S/C16H18Br2N2/c1-2-9-19-16(14-5-3-4-6-15(14)18)10-13-8-7-12(17)11-20-13/h3-8,11,16,19H,2,9-10H2,1H3. The maximum absolute atomic E-state index is 4.48. The van der Waals surface area contributed by atoms with Crippen molar-refractivity contribution in [1.29, 1.82) is 0 Å². The summed E-state index contributed by atoms with van der Waals surface area (Å²) in [4.78, 5) is 4.48. The second-order valence-electron chi connectivity index (χ2n) is 4.70. The van der Waals surface area contributed by atoms with Crippen LogP contribution < -0.4 is 5.32 Å². The molecular weight excluding hydrogens is 380 g/mol. The van der Waals surface area contributed by atoms with E-state index >= 15 is 0 Å². The summed E-state index contributed by atoms with van der Waals surface area (Å²) in [7, 11) is 0. The van der Waals surface area contributed by atoms with Crippen molar-refractivity contribution in [2.24, 2.45) is 0 Å². The van der Waals surface area contributed by atoms with Gasteiger partial charge in [0, 0.05) is 33.3 Å². The SMILES string of the molecule is CCCNC(Cc1ccc(Br)cn1)c1ccccc1Br. The molecule has 0 radical (unpaired) electrons. The van der Waals surface area contributed by atoms with E-state index in [0.717, 1.165) is 34.0 Å². The third-order valence-corrected chi connectivity index (χ3v) is 4.31. The van der Waals surface area contributed by atoms with Gasteiger partial charge >= 0.3 is 0 Å². The molecule has 2 rings (SSSR count). The van der Waals surface area contributed by atoms with Gasteiger partial charge in [-0.25, -0.2) is 0 Å². The van der Waals surface area contributed by atoms with Crippen molar-refractivity contribution in [2.75, 3.05) is 6.54 Å². The molecule has 2 nitrogen and oxygen atoms in total. The number of hydrogen-bond acceptors (Lipinski definition) is 2. The number of benzene rings is 1. The lowest BCUT2D eigenvalue weighted by molar-refractivity contribution is 0.523. The van der Waals surface area contributed by atoms with Gasteiger partial charge in [-0.15, -0.1) is 0 Å². The Kier molecular flexibility index (Phi) is 6.20. The molecule has 20 heavy (non-hydrogen) atoms. The van der Waals surface area contributed by atoms with Crippen LogP contribution in [0.3, 0.4) is 0 Å². The molecule has 1 atom stereocenters. The molecule has 0 bridgehead atoms. The Morgan fingerprint density at radius 3 is 2.60 bits per heavy atom. The maximum atomic E-state index is 4.48. The Hall–Kier alpha value is -0.710. The number of hydrogen-bond donors (Lipinski definition) is 1. The molecule has 1 aromatic heterocycles. The highest BCUT2D eigenvalue weighted by Gasteiger charge is 2.14. The van der Waals surface area contributed by atoms with Crippen LogP contribution in [0.4, 0.5) is 0 Å². The molecule has 0 amide bonds. The Morgan fingerprint density at radius 1 is 1.15 bits per heavy atom. The third-order valence-electron chi connectivity index (χ3n) is 3.12. The van der Waals surface area contributed by atoms with Crippen molar-refractivity contribution < 1.29 is 0 Å². The average Bonchev–Trinajstić information content (AvgIpc) is 2.46. The minimum absolute atomic E-state index is 0.277. The molecule has 1 heterocycles. The zero-order valence-corrected chi connectivity index (χ0v) is 14.6. The van der Waals surface area contributed by atoms with E-state index in [1.807, 2.05) is 18.3 Å². The number of pyridine rings is 1. The second-order valence-corrected chi connectivity index (χ2v) is 6.47. The largest absolute Gasteiger partial charge is 0.310 e. The van der Waals surface area contributed by atoms with E-state index in [9.17, 15) is 0 Å². The number of aromatic nitrogens is 1. The molecule has 1 unspecified atom stereocenters. The van der Waals surface area contributed by atoms with Gasteiger partial charge in [-0.05, 0) is 52.7 Å². The third kappa shape index (κ3) is 4.40. The van der Waals surface area contributed by atoms with E-state index in [2.05, 4.69) is 73.3 Å². The van der Waals surface area contributed by atoms with Crippen LogP contribution in [0, 0.1) is 0 Å². The Labute approximate surface area is 137 Å². The molecular formula is C16H18Br2N2. The molecule has 0 saturated heterocycles. The van der Waals surface area contributed by atoms with Gasteiger partial charge in [0.2, 0.25) is 0 Å². The molecule has 1 aromatic carbocycles. The van der Waals surface area contributed by atoms with Gasteiger partial charge in [-0.3, -0.25) is 4.98 Å². The highest BCUT2D eigenvalue weighted by atomic mass is 79.9. The quantitative estimate of drug-likeness (QED) is 0.750. The lowest BCUT2D eigenvalue weighted by Gasteiger charge is -2.20. The predicted octanol–water partition coefficient (Wildman–Crippen LogP) is 4.89. The fourth-order valence-electron chi connectivity index (χ4n) is 2.10. The first-order valence-electron chi connectivity index (χ1n) is 6.79. The van der Waals surface area contributed by atoms with E-state index in [1.165, 1.54) is 5.56 Å². The van der Waals surface area contributed by atoms with Crippen molar-refractivity contribution in [3.63, 3.8) is 0 Å². The maximum Gasteiger partial charge on any atom is 0.0423 e. The van der Waals surface area contributed by atoms with Crippen LogP contribution >= 0.6 is 31.9 Å². The van der Waals surface area contributed by atoms with Crippen LogP contribution in [-0.4, -0.2) is 11.5 Å². The van der Waals surface area contributed by atoms with Crippen LogP contribution in [0.1, 0.15) is 30.6 Å². The van der Waals surface area contributed by atoms with Crippen LogP contribution in [0.5, 0.6) is 0 Å². The fraction of sp³-hybridized carbons (Fsp3) is 0.312. The lowest BCUT2D eigenvalue weighted by atomic mass is 10.0. The van der Waals surface area contributed by atoms with Crippen molar-refractivity contribution >= 4 is 31.9 Å². The van der Waals surface area contributed by atoms with E-state index in [-0.39, 0.29) is 6.04 Å². The monoisotopic (exact) mass is 396 g/mol. The molecule has 0 aliphatic heterocycles. The zero-order valence-electron chi connectivity index (χ0n) is 11.4.